The van der Waals surface area contributed by atoms with Crippen molar-refractivity contribution in [1.29, 1.82) is 0 Å². The van der Waals surface area contributed by atoms with Crippen molar-refractivity contribution in [2.24, 2.45) is 0 Å². The second kappa shape index (κ2) is 9.65. The van der Waals surface area contributed by atoms with Gasteiger partial charge in [-0.05, 0) is 82.6 Å². The summed E-state index contributed by atoms with van der Waals surface area (Å²) < 4.78 is 38.1. The maximum Gasteiger partial charge on any atom is 0.241 e. The van der Waals surface area contributed by atoms with Crippen LogP contribution in [-0.4, -0.2) is 32.3 Å². The molecule has 0 unspecified atom stereocenters. The van der Waals surface area contributed by atoms with Gasteiger partial charge in [0.15, 0.2) is 0 Å². The van der Waals surface area contributed by atoms with Crippen molar-refractivity contribution in [2.75, 3.05) is 15.8 Å². The summed E-state index contributed by atoms with van der Waals surface area (Å²) in [6.07, 6.45) is 0.0627. The van der Waals surface area contributed by atoms with Crippen LogP contribution in [0.4, 0.5) is 11.4 Å². The molecule has 0 aliphatic rings. The number of ether oxygens (including phenoxy) is 2. The largest absolute Gasteiger partial charge is 0.491 e. The number of hydrogen-bond donors (Lipinski definition) is 2. The molecular weight excluding hydrogens is 392 g/mol. The van der Waals surface area contributed by atoms with Gasteiger partial charge in [0.25, 0.3) is 0 Å². The van der Waals surface area contributed by atoms with Crippen LogP contribution in [0.5, 0.6) is 11.5 Å². The summed E-state index contributed by atoms with van der Waals surface area (Å²) in [7, 11) is -3.85. The Balaban J connectivity index is 1.97. The van der Waals surface area contributed by atoms with E-state index in [0.29, 0.717) is 22.9 Å². The van der Waals surface area contributed by atoms with Crippen molar-refractivity contribution in [3.63, 3.8) is 0 Å². The number of nitrogens with one attached hydrogen (secondary N) is 2. The molecule has 0 saturated heterocycles. The van der Waals surface area contributed by atoms with E-state index in [9.17, 15) is 13.2 Å². The lowest BCUT2D eigenvalue weighted by molar-refractivity contribution is -0.113. The van der Waals surface area contributed by atoms with Crippen LogP contribution in [0.3, 0.4) is 0 Å². The molecule has 0 heterocycles. The summed E-state index contributed by atoms with van der Waals surface area (Å²) in [6, 6.07) is 11.7. The van der Waals surface area contributed by atoms with Crippen molar-refractivity contribution in [2.45, 2.75) is 46.8 Å². The first-order valence-corrected chi connectivity index (χ1v) is 11.0. The third-order valence-electron chi connectivity index (χ3n) is 3.66. The average Bonchev–Trinajstić information content (AvgIpc) is 2.57. The highest BCUT2D eigenvalue weighted by Gasteiger charge is 2.17. The van der Waals surface area contributed by atoms with Crippen LogP contribution < -0.4 is 19.5 Å². The van der Waals surface area contributed by atoms with E-state index in [4.69, 9.17) is 9.47 Å². The normalized spacial score (nSPS) is 11.4. The molecule has 2 aromatic carbocycles. The van der Waals surface area contributed by atoms with E-state index >= 15 is 0 Å². The lowest BCUT2D eigenvalue weighted by Crippen LogP contribution is -2.27. The van der Waals surface area contributed by atoms with E-state index in [0.717, 1.165) is 5.56 Å². The fourth-order valence-electron chi connectivity index (χ4n) is 2.57. The number of carbonyl (C=O) groups is 1. The molecule has 0 radical (unpaired) electrons. The summed E-state index contributed by atoms with van der Waals surface area (Å²) in [6.45, 7) is 9.47. The van der Waals surface area contributed by atoms with Gasteiger partial charge in [-0.25, -0.2) is 8.42 Å². The maximum atomic E-state index is 12.3. The SMILES string of the molecule is Cc1cc(OC(C)C)ccc1NC(=O)CS(=O)(=O)Nc1ccc(OC(C)C)cc1. The van der Waals surface area contributed by atoms with Gasteiger partial charge < -0.3 is 14.8 Å². The predicted molar refractivity (Wildman–Crippen MR) is 115 cm³/mol. The molecule has 0 saturated carbocycles. The van der Waals surface area contributed by atoms with Crippen LogP contribution >= 0.6 is 0 Å². The number of benzene rings is 2. The third kappa shape index (κ3) is 7.65. The fourth-order valence-corrected chi connectivity index (χ4v) is 3.55. The molecule has 0 bridgehead atoms. The second-order valence-corrected chi connectivity index (χ2v) is 8.97. The van der Waals surface area contributed by atoms with Gasteiger partial charge in [0.1, 0.15) is 17.3 Å². The number of amides is 1. The summed E-state index contributed by atoms with van der Waals surface area (Å²) in [5.74, 6) is 0.00891. The van der Waals surface area contributed by atoms with Crippen LogP contribution in [0.25, 0.3) is 0 Å². The van der Waals surface area contributed by atoms with E-state index in [2.05, 4.69) is 10.0 Å². The molecule has 2 rings (SSSR count). The standard InChI is InChI=1S/C21H28N2O5S/c1-14(2)27-18-8-6-17(7-9-18)23-29(25,26)13-21(24)22-20-11-10-19(12-16(20)5)28-15(3)4/h6-12,14-15,23H,13H2,1-5H3,(H,22,24). The Morgan fingerprint density at radius 1 is 0.931 bits per heavy atom. The first kappa shape index (κ1) is 22.5. The molecule has 158 valence electrons. The summed E-state index contributed by atoms with van der Waals surface area (Å²) >= 11 is 0. The van der Waals surface area contributed by atoms with E-state index in [1.165, 1.54) is 0 Å². The minimum atomic E-state index is -3.85. The molecule has 0 aliphatic heterocycles. The van der Waals surface area contributed by atoms with Crippen molar-refractivity contribution in [3.8, 4) is 11.5 Å². The zero-order valence-corrected chi connectivity index (χ0v) is 18.2. The van der Waals surface area contributed by atoms with Gasteiger partial charge in [-0.1, -0.05) is 0 Å². The first-order chi connectivity index (χ1) is 13.5. The zero-order chi connectivity index (χ0) is 21.6. The minimum absolute atomic E-state index is 0.0238. The highest BCUT2D eigenvalue weighted by atomic mass is 32.2. The van der Waals surface area contributed by atoms with Gasteiger partial charge in [-0.15, -0.1) is 0 Å². The minimum Gasteiger partial charge on any atom is -0.491 e. The number of rotatable bonds is 9. The Kier molecular flexibility index (Phi) is 7.50. The summed E-state index contributed by atoms with van der Waals surface area (Å²) in [4.78, 5) is 12.2. The molecule has 0 spiro atoms. The molecule has 0 fully saturated rings. The summed E-state index contributed by atoms with van der Waals surface area (Å²) in [5.41, 5.74) is 1.68. The Bertz CT molecular complexity index is 938. The van der Waals surface area contributed by atoms with E-state index in [1.807, 2.05) is 34.6 Å². The molecule has 1 amide bonds. The Morgan fingerprint density at radius 3 is 2.03 bits per heavy atom. The monoisotopic (exact) mass is 420 g/mol. The first-order valence-electron chi connectivity index (χ1n) is 9.38. The van der Waals surface area contributed by atoms with Gasteiger partial charge in [0.2, 0.25) is 15.9 Å². The number of carbonyl (C=O) groups excluding carboxylic acids is 1. The molecular formula is C21H28N2O5S. The second-order valence-electron chi connectivity index (χ2n) is 7.24. The van der Waals surface area contributed by atoms with Gasteiger partial charge in [-0.3, -0.25) is 9.52 Å². The molecule has 0 aliphatic carbocycles. The fraction of sp³-hybridized carbons (Fsp3) is 0.381. The van der Waals surface area contributed by atoms with Crippen molar-refractivity contribution >= 4 is 27.3 Å². The van der Waals surface area contributed by atoms with Crippen LogP contribution in [0, 0.1) is 6.92 Å². The van der Waals surface area contributed by atoms with E-state index < -0.39 is 21.7 Å². The summed E-state index contributed by atoms with van der Waals surface area (Å²) in [5, 5.41) is 2.63. The van der Waals surface area contributed by atoms with Crippen molar-refractivity contribution < 1.29 is 22.7 Å². The molecule has 29 heavy (non-hydrogen) atoms. The molecule has 0 atom stereocenters. The smallest absolute Gasteiger partial charge is 0.241 e. The number of sulfonamides is 1. The van der Waals surface area contributed by atoms with Crippen LogP contribution in [0.15, 0.2) is 42.5 Å². The Labute approximate surface area is 172 Å². The van der Waals surface area contributed by atoms with Crippen LogP contribution in [0.1, 0.15) is 33.3 Å². The van der Waals surface area contributed by atoms with Gasteiger partial charge >= 0.3 is 0 Å². The lowest BCUT2D eigenvalue weighted by Gasteiger charge is -2.14. The third-order valence-corrected chi connectivity index (χ3v) is 4.85. The van der Waals surface area contributed by atoms with E-state index in [1.54, 1.807) is 42.5 Å². The van der Waals surface area contributed by atoms with Crippen molar-refractivity contribution in [1.82, 2.24) is 0 Å². The predicted octanol–water partition coefficient (Wildman–Crippen LogP) is 3.95. The maximum absolute atomic E-state index is 12.3. The van der Waals surface area contributed by atoms with Gasteiger partial charge in [-0.2, -0.15) is 0 Å². The lowest BCUT2D eigenvalue weighted by atomic mass is 10.2. The van der Waals surface area contributed by atoms with Crippen LogP contribution in [-0.2, 0) is 14.8 Å². The number of hydrogen-bond acceptors (Lipinski definition) is 5. The van der Waals surface area contributed by atoms with Gasteiger partial charge in [0.05, 0.1) is 12.2 Å². The zero-order valence-electron chi connectivity index (χ0n) is 17.4. The molecule has 8 heteroatoms. The molecule has 0 aromatic heterocycles. The highest BCUT2D eigenvalue weighted by molar-refractivity contribution is 7.93. The van der Waals surface area contributed by atoms with E-state index in [-0.39, 0.29) is 12.2 Å². The molecule has 7 nitrogen and oxygen atoms in total. The molecule has 2 aromatic rings. The number of anilines is 2. The van der Waals surface area contributed by atoms with Crippen molar-refractivity contribution in [3.05, 3.63) is 48.0 Å². The average molecular weight is 421 g/mol. The topological polar surface area (TPSA) is 93.7 Å². The van der Waals surface area contributed by atoms with Crippen LogP contribution in [0.2, 0.25) is 0 Å². The van der Waals surface area contributed by atoms with Gasteiger partial charge in [0, 0.05) is 11.4 Å². The Morgan fingerprint density at radius 2 is 1.48 bits per heavy atom. The Hall–Kier alpha value is -2.74. The quantitative estimate of drug-likeness (QED) is 0.641. The molecule has 2 N–H and O–H groups in total. The number of aryl methyl sites for hydroxylation is 1. The highest BCUT2D eigenvalue weighted by Crippen LogP contribution is 2.22.